The zero-order valence-corrected chi connectivity index (χ0v) is 12.4. The number of anilines is 1. The van der Waals surface area contributed by atoms with Crippen LogP contribution < -0.4 is 4.72 Å². The molecule has 2 aromatic heterocycles. The van der Waals surface area contributed by atoms with E-state index in [-0.39, 0.29) is 5.75 Å². The molecule has 4 nitrogen and oxygen atoms in total. The fourth-order valence-electron chi connectivity index (χ4n) is 1.38. The fourth-order valence-corrected chi connectivity index (χ4v) is 4.35. The van der Waals surface area contributed by atoms with Crippen molar-refractivity contribution in [3.8, 4) is 10.6 Å². The van der Waals surface area contributed by atoms with Gasteiger partial charge in [-0.3, -0.25) is 4.72 Å². The molecule has 2 aromatic rings. The van der Waals surface area contributed by atoms with Crippen molar-refractivity contribution in [2.75, 3.05) is 10.5 Å². The van der Waals surface area contributed by atoms with Crippen molar-refractivity contribution >= 4 is 37.8 Å². The van der Waals surface area contributed by atoms with Gasteiger partial charge >= 0.3 is 0 Å². The maximum absolute atomic E-state index is 11.7. The van der Waals surface area contributed by atoms with E-state index in [0.717, 1.165) is 17.0 Å². The number of unbranched alkanes of at least 4 members (excludes halogenated alkanes) is 1. The van der Waals surface area contributed by atoms with E-state index >= 15 is 0 Å². The summed E-state index contributed by atoms with van der Waals surface area (Å²) in [7, 11) is -3.25. The average molecular weight is 302 g/mol. The molecule has 0 aliphatic rings. The second-order valence-corrected chi connectivity index (χ2v) is 7.44. The van der Waals surface area contributed by atoms with Crippen LogP contribution in [-0.2, 0) is 10.0 Å². The van der Waals surface area contributed by atoms with Crippen molar-refractivity contribution in [1.29, 1.82) is 0 Å². The van der Waals surface area contributed by atoms with Gasteiger partial charge in [-0.15, -0.1) is 22.7 Å². The number of hydrogen-bond donors (Lipinski definition) is 1. The van der Waals surface area contributed by atoms with Gasteiger partial charge in [-0.2, -0.15) is 0 Å². The molecule has 2 heterocycles. The summed E-state index contributed by atoms with van der Waals surface area (Å²) in [5.41, 5.74) is 0.822. The summed E-state index contributed by atoms with van der Waals surface area (Å²) in [6.45, 7) is 1.97. The van der Waals surface area contributed by atoms with Crippen molar-refractivity contribution in [3.05, 3.63) is 22.9 Å². The molecule has 1 N–H and O–H groups in total. The van der Waals surface area contributed by atoms with Gasteiger partial charge < -0.3 is 0 Å². The molecular weight excluding hydrogens is 288 g/mol. The van der Waals surface area contributed by atoms with Gasteiger partial charge in [-0.25, -0.2) is 13.4 Å². The van der Waals surface area contributed by atoms with Gasteiger partial charge in [0.15, 0.2) is 5.13 Å². The molecule has 2 rings (SSSR count). The van der Waals surface area contributed by atoms with E-state index in [2.05, 4.69) is 9.71 Å². The van der Waals surface area contributed by atoms with Gasteiger partial charge in [0.25, 0.3) is 0 Å². The van der Waals surface area contributed by atoms with Crippen molar-refractivity contribution in [3.63, 3.8) is 0 Å². The number of hydrogen-bond acceptors (Lipinski definition) is 5. The first-order valence-electron chi connectivity index (χ1n) is 5.60. The number of nitrogens with zero attached hydrogens (tertiary/aromatic N) is 1. The lowest BCUT2D eigenvalue weighted by Gasteiger charge is -2.03. The van der Waals surface area contributed by atoms with E-state index in [9.17, 15) is 8.42 Å². The van der Waals surface area contributed by atoms with E-state index < -0.39 is 10.0 Å². The Labute approximate surface area is 115 Å². The Morgan fingerprint density at radius 2 is 2.22 bits per heavy atom. The average Bonchev–Trinajstić information content (AvgIpc) is 2.95. The van der Waals surface area contributed by atoms with Crippen molar-refractivity contribution in [1.82, 2.24) is 4.98 Å². The third-order valence-electron chi connectivity index (χ3n) is 2.29. The van der Waals surface area contributed by atoms with Crippen LogP contribution in [0.1, 0.15) is 19.8 Å². The summed E-state index contributed by atoms with van der Waals surface area (Å²) in [6.07, 6.45) is 1.53. The smallest absolute Gasteiger partial charge is 0.234 e. The number of aromatic nitrogens is 1. The Bertz CT molecular complexity index is 588. The van der Waals surface area contributed by atoms with Crippen molar-refractivity contribution < 1.29 is 8.42 Å². The maximum atomic E-state index is 11.7. The third kappa shape index (κ3) is 3.54. The molecule has 0 fully saturated rings. The van der Waals surface area contributed by atoms with Gasteiger partial charge in [0.2, 0.25) is 10.0 Å². The monoisotopic (exact) mass is 302 g/mol. The number of thiazole rings is 1. The maximum Gasteiger partial charge on any atom is 0.234 e. The summed E-state index contributed by atoms with van der Waals surface area (Å²) in [4.78, 5) is 5.33. The number of thiophene rings is 1. The topological polar surface area (TPSA) is 59.1 Å². The van der Waals surface area contributed by atoms with Crippen LogP contribution in [0.4, 0.5) is 5.13 Å². The van der Waals surface area contributed by atoms with Crippen LogP contribution in [0.3, 0.4) is 0 Å². The van der Waals surface area contributed by atoms with Crippen molar-refractivity contribution in [2.24, 2.45) is 0 Å². The molecule has 0 unspecified atom stereocenters. The zero-order valence-electron chi connectivity index (χ0n) is 9.92. The summed E-state index contributed by atoms with van der Waals surface area (Å²) in [5, 5.41) is 4.28. The fraction of sp³-hybridized carbons (Fsp3) is 0.364. The molecule has 0 saturated carbocycles. The molecule has 0 aliphatic heterocycles. The summed E-state index contributed by atoms with van der Waals surface area (Å²) in [6, 6.07) is 3.92. The van der Waals surface area contributed by atoms with E-state index in [4.69, 9.17) is 0 Å². The highest BCUT2D eigenvalue weighted by atomic mass is 32.2. The minimum Gasteiger partial charge on any atom is -0.259 e. The normalized spacial score (nSPS) is 11.6. The Morgan fingerprint density at radius 1 is 1.39 bits per heavy atom. The summed E-state index contributed by atoms with van der Waals surface area (Å²) in [5.74, 6) is 0.150. The molecular formula is C11H14N2O2S3. The summed E-state index contributed by atoms with van der Waals surface area (Å²) >= 11 is 2.90. The predicted octanol–water partition coefficient (Wildman–Crippen LogP) is 3.41. The lowest BCUT2D eigenvalue weighted by Crippen LogP contribution is -2.16. The molecule has 7 heteroatoms. The molecule has 0 aliphatic carbocycles. The zero-order chi connectivity index (χ0) is 13.0. The highest BCUT2D eigenvalue weighted by Gasteiger charge is 2.13. The lowest BCUT2D eigenvalue weighted by molar-refractivity contribution is 0.598. The van der Waals surface area contributed by atoms with Crippen LogP contribution >= 0.6 is 22.7 Å². The predicted molar refractivity (Wildman–Crippen MR) is 77.7 cm³/mol. The van der Waals surface area contributed by atoms with E-state index in [1.165, 1.54) is 11.3 Å². The molecule has 98 valence electrons. The van der Waals surface area contributed by atoms with Gasteiger partial charge in [-0.1, -0.05) is 19.4 Å². The second-order valence-electron chi connectivity index (χ2n) is 3.79. The minimum absolute atomic E-state index is 0.150. The molecule has 0 amide bonds. The standard InChI is InChI=1S/C11H14N2O2S3/c1-2-3-7-18(14,15)13-11-12-9(8-17-11)10-5-4-6-16-10/h4-6,8H,2-3,7H2,1H3,(H,12,13). The summed E-state index contributed by atoms with van der Waals surface area (Å²) < 4.78 is 25.9. The first-order valence-corrected chi connectivity index (χ1v) is 9.02. The lowest BCUT2D eigenvalue weighted by atomic mass is 10.4. The third-order valence-corrected chi connectivity index (χ3v) is 5.40. The van der Waals surface area contributed by atoms with Crippen LogP contribution in [0.25, 0.3) is 10.6 Å². The molecule has 0 bridgehead atoms. The molecule has 0 radical (unpaired) electrons. The van der Waals surface area contributed by atoms with Gasteiger partial charge in [0.05, 0.1) is 16.3 Å². The van der Waals surface area contributed by atoms with Crippen LogP contribution in [0, 0.1) is 0 Å². The largest absolute Gasteiger partial charge is 0.259 e. The Kier molecular flexibility index (Phi) is 4.36. The Hall–Kier alpha value is -0.920. The molecule has 18 heavy (non-hydrogen) atoms. The van der Waals surface area contributed by atoms with E-state index in [1.54, 1.807) is 11.3 Å². The highest BCUT2D eigenvalue weighted by Crippen LogP contribution is 2.28. The number of rotatable bonds is 6. The van der Waals surface area contributed by atoms with Crippen LogP contribution in [0.2, 0.25) is 0 Å². The first-order chi connectivity index (χ1) is 8.61. The Morgan fingerprint density at radius 3 is 2.89 bits per heavy atom. The van der Waals surface area contributed by atoms with Gasteiger partial charge in [0, 0.05) is 5.38 Å². The number of nitrogens with one attached hydrogen (secondary N) is 1. The molecule has 0 saturated heterocycles. The molecule has 0 atom stereocenters. The van der Waals surface area contributed by atoms with Crippen LogP contribution in [0.15, 0.2) is 22.9 Å². The van der Waals surface area contributed by atoms with Crippen LogP contribution in [-0.4, -0.2) is 19.2 Å². The molecule has 0 aromatic carbocycles. The first kappa shape index (κ1) is 13.5. The minimum atomic E-state index is -3.25. The van der Waals surface area contributed by atoms with Gasteiger partial charge in [0.1, 0.15) is 0 Å². The number of sulfonamides is 1. The van der Waals surface area contributed by atoms with Gasteiger partial charge in [-0.05, 0) is 17.9 Å². The molecule has 0 spiro atoms. The Balaban J connectivity index is 2.07. The quantitative estimate of drug-likeness (QED) is 0.889. The van der Waals surface area contributed by atoms with Crippen LogP contribution in [0.5, 0.6) is 0 Å². The van der Waals surface area contributed by atoms with E-state index in [1.807, 2.05) is 29.8 Å². The second kappa shape index (κ2) is 5.81. The highest BCUT2D eigenvalue weighted by molar-refractivity contribution is 7.92. The van der Waals surface area contributed by atoms with E-state index in [0.29, 0.717) is 11.6 Å². The SMILES string of the molecule is CCCCS(=O)(=O)Nc1nc(-c2cccs2)cs1. The van der Waals surface area contributed by atoms with Crippen molar-refractivity contribution in [2.45, 2.75) is 19.8 Å².